The molecular formula is C16H16BrN3O2. The number of alkyl halides is 1. The molecule has 1 aliphatic heterocycles. The molecule has 1 aliphatic rings. The summed E-state index contributed by atoms with van der Waals surface area (Å²) in [6, 6.07) is 6.32. The normalized spacial score (nSPS) is 25.8. The minimum absolute atomic E-state index is 0.0860. The van der Waals surface area contributed by atoms with E-state index in [-0.39, 0.29) is 10.7 Å². The van der Waals surface area contributed by atoms with Gasteiger partial charge in [-0.1, -0.05) is 28.9 Å². The summed E-state index contributed by atoms with van der Waals surface area (Å²) >= 11 is 3.60. The predicted octanol–water partition coefficient (Wildman–Crippen LogP) is 3.27. The predicted molar refractivity (Wildman–Crippen MR) is 89.4 cm³/mol. The van der Waals surface area contributed by atoms with Gasteiger partial charge in [-0.05, 0) is 36.0 Å². The molecule has 0 saturated carbocycles. The third-order valence-corrected chi connectivity index (χ3v) is 5.66. The van der Waals surface area contributed by atoms with Crippen LogP contribution in [0.4, 0.5) is 0 Å². The molecule has 3 aromatic rings. The van der Waals surface area contributed by atoms with E-state index in [1.807, 2.05) is 6.07 Å². The van der Waals surface area contributed by atoms with Crippen molar-refractivity contribution in [3.05, 3.63) is 40.4 Å². The van der Waals surface area contributed by atoms with Crippen molar-refractivity contribution in [1.29, 1.82) is 0 Å². The van der Waals surface area contributed by atoms with Gasteiger partial charge in [0.15, 0.2) is 0 Å². The van der Waals surface area contributed by atoms with Gasteiger partial charge in [-0.2, -0.15) is 0 Å². The third kappa shape index (κ3) is 2.18. The first-order valence-electron chi connectivity index (χ1n) is 7.40. The largest absolute Gasteiger partial charge is 0.367 e. The Hall–Kier alpha value is -1.66. The Labute approximate surface area is 135 Å². The van der Waals surface area contributed by atoms with Gasteiger partial charge in [0, 0.05) is 12.0 Å². The smallest absolute Gasteiger partial charge is 0.323 e. The van der Waals surface area contributed by atoms with Gasteiger partial charge in [-0.25, -0.2) is 4.79 Å². The zero-order valence-corrected chi connectivity index (χ0v) is 13.7. The quantitative estimate of drug-likeness (QED) is 0.653. The fourth-order valence-electron chi connectivity index (χ4n) is 3.31. The molecule has 2 N–H and O–H groups in total. The molecule has 0 aliphatic carbocycles. The molecule has 2 aromatic heterocycles. The number of aromatic nitrogens is 3. The number of imidazole rings is 1. The number of hydrogen-bond donors (Lipinski definition) is 2. The van der Waals surface area contributed by atoms with Crippen molar-refractivity contribution in [2.45, 2.75) is 24.3 Å². The SMILES string of the molecule is CC1C(Br)OCCC1c1ccc2ncc3[nH]c(=O)[nH]c3c2c1. The van der Waals surface area contributed by atoms with Crippen LogP contribution in [0.2, 0.25) is 0 Å². The standard InChI is InChI=1S/C16H16BrN3O2/c1-8-10(4-5-22-15(8)17)9-2-3-12-11(6-9)14-13(7-18-12)19-16(21)20-14/h2-3,6-8,10,15H,4-5H2,1H3,(H2,19,20,21). The summed E-state index contributed by atoms with van der Waals surface area (Å²) in [5, 5.41) is 1.07. The molecule has 3 heterocycles. The number of pyridine rings is 1. The Morgan fingerprint density at radius 1 is 1.36 bits per heavy atom. The zero-order valence-electron chi connectivity index (χ0n) is 12.1. The first-order chi connectivity index (χ1) is 10.6. The van der Waals surface area contributed by atoms with Crippen molar-refractivity contribution in [1.82, 2.24) is 15.0 Å². The molecule has 1 fully saturated rings. The van der Waals surface area contributed by atoms with Crippen LogP contribution in [0.1, 0.15) is 24.8 Å². The van der Waals surface area contributed by atoms with E-state index in [1.165, 1.54) is 5.56 Å². The van der Waals surface area contributed by atoms with Crippen LogP contribution >= 0.6 is 15.9 Å². The van der Waals surface area contributed by atoms with Gasteiger partial charge in [0.05, 0.1) is 22.7 Å². The average molecular weight is 362 g/mol. The molecule has 0 bridgehead atoms. The fourth-order valence-corrected chi connectivity index (χ4v) is 3.87. The number of aromatic amines is 2. The lowest BCUT2D eigenvalue weighted by molar-refractivity contribution is 0.0276. The number of H-pyrrole nitrogens is 2. The van der Waals surface area contributed by atoms with Crippen LogP contribution < -0.4 is 5.69 Å². The summed E-state index contributed by atoms with van der Waals surface area (Å²) < 4.78 is 5.65. The summed E-state index contributed by atoms with van der Waals surface area (Å²) in [6.45, 7) is 2.96. The molecule has 4 rings (SSSR count). The second-order valence-corrected chi connectivity index (χ2v) is 6.78. The topological polar surface area (TPSA) is 70.8 Å². The molecule has 22 heavy (non-hydrogen) atoms. The average Bonchev–Trinajstić information content (AvgIpc) is 2.90. The summed E-state index contributed by atoms with van der Waals surface area (Å²) in [4.78, 5) is 21.6. The maximum absolute atomic E-state index is 11.6. The number of nitrogens with zero attached hydrogens (tertiary/aromatic N) is 1. The molecule has 3 atom stereocenters. The Kier molecular flexibility index (Phi) is 3.31. The second-order valence-electron chi connectivity index (χ2n) is 5.88. The minimum atomic E-state index is -0.199. The van der Waals surface area contributed by atoms with Crippen LogP contribution in [0, 0.1) is 5.92 Å². The van der Waals surface area contributed by atoms with Crippen molar-refractivity contribution in [3.8, 4) is 0 Å². The highest BCUT2D eigenvalue weighted by atomic mass is 79.9. The van der Waals surface area contributed by atoms with Gasteiger partial charge >= 0.3 is 5.69 Å². The van der Waals surface area contributed by atoms with Gasteiger partial charge in [-0.3, -0.25) is 4.98 Å². The van der Waals surface area contributed by atoms with Gasteiger partial charge in [-0.15, -0.1) is 0 Å². The molecule has 0 radical (unpaired) electrons. The maximum atomic E-state index is 11.6. The van der Waals surface area contributed by atoms with Crippen LogP contribution in [-0.2, 0) is 4.74 Å². The van der Waals surface area contributed by atoms with Crippen LogP contribution in [0.5, 0.6) is 0 Å². The molecule has 0 spiro atoms. The molecular weight excluding hydrogens is 346 g/mol. The number of hydrogen-bond acceptors (Lipinski definition) is 3. The maximum Gasteiger partial charge on any atom is 0.323 e. The Morgan fingerprint density at radius 2 is 2.23 bits per heavy atom. The lowest BCUT2D eigenvalue weighted by Gasteiger charge is -2.33. The van der Waals surface area contributed by atoms with Gasteiger partial charge in [0.25, 0.3) is 0 Å². The third-order valence-electron chi connectivity index (χ3n) is 4.56. The van der Waals surface area contributed by atoms with E-state index in [0.717, 1.165) is 35.0 Å². The lowest BCUT2D eigenvalue weighted by Crippen LogP contribution is -2.29. The summed E-state index contributed by atoms with van der Waals surface area (Å²) in [7, 11) is 0. The van der Waals surface area contributed by atoms with E-state index in [9.17, 15) is 4.79 Å². The first kappa shape index (κ1) is 14.0. The highest BCUT2D eigenvalue weighted by Crippen LogP contribution is 2.38. The van der Waals surface area contributed by atoms with Crippen molar-refractivity contribution >= 4 is 37.9 Å². The Bertz CT molecular complexity index is 901. The first-order valence-corrected chi connectivity index (χ1v) is 8.31. The molecule has 5 nitrogen and oxygen atoms in total. The molecule has 0 amide bonds. The summed E-state index contributed by atoms with van der Waals surface area (Å²) in [6.07, 6.45) is 2.70. The monoisotopic (exact) mass is 361 g/mol. The van der Waals surface area contributed by atoms with Crippen molar-refractivity contribution in [3.63, 3.8) is 0 Å². The fraction of sp³-hybridized carbons (Fsp3) is 0.375. The highest BCUT2D eigenvalue weighted by Gasteiger charge is 2.30. The lowest BCUT2D eigenvalue weighted by atomic mass is 9.83. The van der Waals surface area contributed by atoms with Crippen molar-refractivity contribution in [2.24, 2.45) is 5.92 Å². The number of benzene rings is 1. The van der Waals surface area contributed by atoms with Gasteiger partial charge in [0.1, 0.15) is 5.01 Å². The van der Waals surface area contributed by atoms with E-state index in [0.29, 0.717) is 11.8 Å². The molecule has 6 heteroatoms. The summed E-state index contributed by atoms with van der Waals surface area (Å²) in [5.74, 6) is 0.826. The van der Waals surface area contributed by atoms with Gasteiger partial charge in [0.2, 0.25) is 0 Å². The van der Waals surface area contributed by atoms with Crippen molar-refractivity contribution < 1.29 is 4.74 Å². The number of ether oxygens (including phenoxy) is 1. The van der Waals surface area contributed by atoms with E-state index in [4.69, 9.17) is 4.74 Å². The molecule has 1 aromatic carbocycles. The molecule has 114 valence electrons. The van der Waals surface area contributed by atoms with Crippen molar-refractivity contribution in [2.75, 3.05) is 6.61 Å². The number of fused-ring (bicyclic) bond motifs is 3. The van der Waals surface area contributed by atoms with Crippen LogP contribution in [0.15, 0.2) is 29.2 Å². The van der Waals surface area contributed by atoms with Gasteiger partial charge < -0.3 is 14.7 Å². The minimum Gasteiger partial charge on any atom is -0.367 e. The summed E-state index contributed by atoms with van der Waals surface area (Å²) in [5.41, 5.74) is 3.53. The van der Waals surface area contributed by atoms with Crippen LogP contribution in [0.25, 0.3) is 21.9 Å². The Morgan fingerprint density at radius 3 is 3.09 bits per heavy atom. The number of rotatable bonds is 1. The Balaban J connectivity index is 1.88. The number of halogens is 1. The number of nitrogens with one attached hydrogen (secondary N) is 2. The van der Waals surface area contributed by atoms with E-state index >= 15 is 0 Å². The van der Waals surface area contributed by atoms with E-state index < -0.39 is 0 Å². The highest BCUT2D eigenvalue weighted by molar-refractivity contribution is 9.09. The van der Waals surface area contributed by atoms with Crippen LogP contribution in [0.3, 0.4) is 0 Å². The molecule has 3 unspecified atom stereocenters. The van der Waals surface area contributed by atoms with E-state index in [2.05, 4.69) is 49.9 Å². The van der Waals surface area contributed by atoms with E-state index in [1.54, 1.807) is 6.20 Å². The zero-order chi connectivity index (χ0) is 15.3. The second kappa shape index (κ2) is 5.21. The molecule has 1 saturated heterocycles. The van der Waals surface area contributed by atoms with Crippen LogP contribution in [-0.4, -0.2) is 26.6 Å².